The molecule has 0 aliphatic carbocycles. The number of fused-ring (bicyclic) bond motifs is 4. The van der Waals surface area contributed by atoms with Gasteiger partial charge in [0.25, 0.3) is 0 Å². The Bertz CT molecular complexity index is 3650. The van der Waals surface area contributed by atoms with Crippen molar-refractivity contribution in [2.45, 2.75) is 124 Å². The van der Waals surface area contributed by atoms with Gasteiger partial charge < -0.3 is 9.80 Å². The minimum Gasteiger partial charge on any atom is -0.309 e. The molecule has 6 nitrogen and oxygen atoms in total. The van der Waals surface area contributed by atoms with E-state index in [2.05, 4.69) is 175 Å². The fraction of sp³-hybridized carbons (Fsp3) is 0.265. The third-order valence-corrected chi connectivity index (χ3v) is 18.3. The largest absolute Gasteiger partial charge is 0.309 e. The van der Waals surface area contributed by atoms with E-state index in [4.69, 9.17) is 19.9 Å². The second-order valence-electron chi connectivity index (χ2n) is 21.5. The number of aromatic nitrogens is 4. The normalized spacial score (nSPS) is 12.7. The van der Waals surface area contributed by atoms with Crippen molar-refractivity contribution in [1.29, 1.82) is 0 Å². The van der Waals surface area contributed by atoms with Gasteiger partial charge in [-0.15, -0.1) is 0 Å². The fourth-order valence-electron chi connectivity index (χ4n) is 12.4. The Kier molecular flexibility index (Phi) is 11.8. The Morgan fingerprint density at radius 1 is 0.311 bits per heavy atom. The molecule has 0 radical (unpaired) electrons. The van der Waals surface area contributed by atoms with Crippen LogP contribution in [0.3, 0.4) is 0 Å². The molecule has 0 amide bonds. The van der Waals surface area contributed by atoms with Crippen molar-refractivity contribution in [3.05, 3.63) is 209 Å². The van der Waals surface area contributed by atoms with Crippen molar-refractivity contribution < 1.29 is 0 Å². The van der Waals surface area contributed by atoms with Crippen molar-refractivity contribution in [2.24, 2.45) is 0 Å². The highest BCUT2D eigenvalue weighted by Gasteiger charge is 2.37. The van der Waals surface area contributed by atoms with Crippen molar-refractivity contribution in [3.8, 4) is 45.3 Å². The molecular weight excluding hydrogens is 901 g/mol. The van der Waals surface area contributed by atoms with E-state index < -0.39 is 0 Å². The lowest BCUT2D eigenvalue weighted by Gasteiger charge is -2.42. The lowest BCUT2D eigenvalue weighted by atomic mass is 9.80. The molecule has 4 heterocycles. The summed E-state index contributed by atoms with van der Waals surface area (Å²) >= 11 is 0. The third-order valence-electron chi connectivity index (χ3n) is 18.3. The van der Waals surface area contributed by atoms with Crippen LogP contribution in [0.15, 0.2) is 97.3 Å². The number of anilines is 6. The van der Waals surface area contributed by atoms with Crippen molar-refractivity contribution in [2.75, 3.05) is 9.80 Å². The Morgan fingerprint density at radius 2 is 0.635 bits per heavy atom. The van der Waals surface area contributed by atoms with Gasteiger partial charge in [-0.3, -0.25) is 4.98 Å². The zero-order valence-corrected chi connectivity index (χ0v) is 46.3. The minimum atomic E-state index is 0.617. The molecule has 9 aromatic rings. The molecule has 11 rings (SSSR count). The van der Waals surface area contributed by atoms with E-state index in [1.54, 1.807) is 0 Å². The summed E-state index contributed by atoms with van der Waals surface area (Å²) in [6.07, 6.45) is 5.85. The van der Waals surface area contributed by atoms with Gasteiger partial charge in [-0.2, -0.15) is 0 Å². The lowest BCUT2D eigenvalue weighted by molar-refractivity contribution is 0.992. The predicted molar refractivity (Wildman–Crippen MR) is 310 cm³/mol. The first-order valence-corrected chi connectivity index (χ1v) is 26.3. The number of rotatable bonds is 6. The Labute approximate surface area is 439 Å². The van der Waals surface area contributed by atoms with Gasteiger partial charge in [0.05, 0.1) is 40.3 Å². The summed E-state index contributed by atoms with van der Waals surface area (Å²) in [7, 11) is 0. The van der Waals surface area contributed by atoms with Crippen molar-refractivity contribution in [3.63, 3.8) is 0 Å². The Balaban J connectivity index is 1.28. The first kappa shape index (κ1) is 48.6. The molecule has 370 valence electrons. The van der Waals surface area contributed by atoms with E-state index in [0.717, 1.165) is 52.0 Å². The maximum atomic E-state index is 5.34. The highest BCUT2D eigenvalue weighted by atomic mass is 15.2. The van der Waals surface area contributed by atoms with E-state index in [9.17, 15) is 0 Å². The number of hydrogen-bond donors (Lipinski definition) is 0. The summed E-state index contributed by atoms with van der Waals surface area (Å²) in [6, 6.07) is 29.7. The van der Waals surface area contributed by atoms with Crippen LogP contribution in [-0.2, 0) is 12.8 Å². The number of nitrogens with zero attached hydrogens (tertiary/aromatic N) is 6. The predicted octanol–water partition coefficient (Wildman–Crippen LogP) is 17.6. The van der Waals surface area contributed by atoms with Crippen LogP contribution in [0.1, 0.15) is 111 Å². The van der Waals surface area contributed by atoms with Gasteiger partial charge in [0.15, 0.2) is 17.5 Å². The Morgan fingerprint density at radius 3 is 1.01 bits per heavy atom. The smallest absolute Gasteiger partial charge is 0.164 e. The summed E-state index contributed by atoms with van der Waals surface area (Å²) in [5.74, 6) is 1.89. The molecule has 0 saturated carbocycles. The first-order chi connectivity index (χ1) is 35.4. The molecule has 74 heavy (non-hydrogen) atoms. The molecule has 6 heteroatoms. The molecule has 0 spiro atoms. The quantitative estimate of drug-likeness (QED) is 0.165. The summed E-state index contributed by atoms with van der Waals surface area (Å²) in [5, 5.41) is 0. The second kappa shape index (κ2) is 18.1. The van der Waals surface area contributed by atoms with Crippen molar-refractivity contribution in [1.82, 2.24) is 19.9 Å². The van der Waals surface area contributed by atoms with Gasteiger partial charge in [0.1, 0.15) is 0 Å². The third kappa shape index (κ3) is 7.27. The monoisotopic (exact) mass is 969 g/mol. The summed E-state index contributed by atoms with van der Waals surface area (Å²) in [4.78, 5) is 26.1. The van der Waals surface area contributed by atoms with Gasteiger partial charge in [0, 0.05) is 46.9 Å². The zero-order valence-electron chi connectivity index (χ0n) is 46.3. The van der Waals surface area contributed by atoms with Gasteiger partial charge in [-0.1, -0.05) is 72.8 Å². The van der Waals surface area contributed by atoms with Gasteiger partial charge >= 0.3 is 0 Å². The summed E-state index contributed by atoms with van der Waals surface area (Å²) < 4.78 is 0. The number of pyridine rings is 1. The van der Waals surface area contributed by atoms with Crippen LogP contribution in [0, 0.1) is 111 Å². The lowest BCUT2D eigenvalue weighted by Crippen LogP contribution is -2.26. The maximum Gasteiger partial charge on any atom is 0.164 e. The van der Waals surface area contributed by atoms with E-state index in [-0.39, 0.29) is 0 Å². The highest BCUT2D eigenvalue weighted by molar-refractivity contribution is 6.01. The molecule has 0 saturated heterocycles. The van der Waals surface area contributed by atoms with E-state index >= 15 is 0 Å². The SMILES string of the molecule is Cc1c(C)c(C)c2c(c1C)Cc1c(C)c(C)c(C)c(C)c1N2c1cnccc1-c1ccc(-c2nc(-c3ccccc3)nc(-c3ccccc3)n2)cc1N1c2c(C)c(C)c(C)c(C)c2Cc2c(C)c(C)c(C)c(C)c21. The molecule has 7 aromatic carbocycles. The summed E-state index contributed by atoms with van der Waals surface area (Å²) in [6.45, 7) is 37.0. The first-order valence-electron chi connectivity index (χ1n) is 26.3. The topological polar surface area (TPSA) is 58.0 Å². The van der Waals surface area contributed by atoms with Crippen molar-refractivity contribution >= 4 is 34.1 Å². The molecule has 2 aliphatic heterocycles. The standard InChI is InChI=1S/C68H68N6/c1-35-39(5)47(13)62-56(43(35)9)32-57-44(10)36(2)40(6)48(14)63(57)73(62)60-31-53(68-71-66(51-23-19-17-20-24-51)70-67(72-68)52-25-21-18-22-26-52)27-28-54(60)55-29-30-69-34-61(55)74-64-49(15)41(7)37(3)45(11)58(64)33-59-46(12)38(4)42(8)50(16)65(59)74/h17-31,34H,32-33H2,1-16H3. The van der Waals surface area contributed by atoms with Gasteiger partial charge in [0.2, 0.25) is 0 Å². The van der Waals surface area contributed by atoms with Crippen LogP contribution in [0.2, 0.25) is 0 Å². The number of benzene rings is 7. The van der Waals surface area contributed by atoms with Crippen LogP contribution in [0.4, 0.5) is 34.1 Å². The minimum absolute atomic E-state index is 0.617. The molecule has 0 unspecified atom stereocenters. The summed E-state index contributed by atoms with van der Waals surface area (Å²) in [5.41, 5.74) is 39.1. The molecule has 2 aromatic heterocycles. The molecule has 2 aliphatic rings. The molecule has 0 fully saturated rings. The average molecular weight is 969 g/mol. The number of hydrogen-bond acceptors (Lipinski definition) is 6. The van der Waals surface area contributed by atoms with Crippen LogP contribution in [-0.4, -0.2) is 19.9 Å². The maximum absolute atomic E-state index is 5.34. The molecule has 0 atom stereocenters. The molecule has 0 bridgehead atoms. The van der Waals surface area contributed by atoms with Crippen LogP contribution in [0.25, 0.3) is 45.3 Å². The molecule has 0 N–H and O–H groups in total. The fourth-order valence-corrected chi connectivity index (χ4v) is 12.4. The van der Waals surface area contributed by atoms with E-state index in [1.165, 1.54) is 134 Å². The average Bonchev–Trinajstić information content (AvgIpc) is 3.43. The molecular formula is C68H68N6. The van der Waals surface area contributed by atoms with Gasteiger partial charge in [-0.05, 0) is 234 Å². The van der Waals surface area contributed by atoms with E-state index in [0.29, 0.717) is 17.5 Å². The van der Waals surface area contributed by atoms with Gasteiger partial charge in [-0.25, -0.2) is 15.0 Å². The highest BCUT2D eigenvalue weighted by Crippen LogP contribution is 2.57. The van der Waals surface area contributed by atoms with Crippen LogP contribution < -0.4 is 9.80 Å². The van der Waals surface area contributed by atoms with Crippen LogP contribution >= 0.6 is 0 Å². The second-order valence-corrected chi connectivity index (χ2v) is 21.5. The Hall–Kier alpha value is -7.70. The van der Waals surface area contributed by atoms with Crippen LogP contribution in [0.5, 0.6) is 0 Å². The zero-order chi connectivity index (χ0) is 52.3. The van der Waals surface area contributed by atoms with E-state index in [1.807, 2.05) is 42.6 Å².